The monoisotopic (exact) mass is 377 g/mol. The van der Waals surface area contributed by atoms with Gasteiger partial charge in [0, 0.05) is 26.2 Å². The Morgan fingerprint density at radius 2 is 1.78 bits per heavy atom. The molecule has 0 aromatic heterocycles. The van der Waals surface area contributed by atoms with Crippen LogP contribution in [0.5, 0.6) is 11.5 Å². The largest absolute Gasteiger partial charge is 0.485 e. The standard InChI is InChI=1S/C18H23N3O6/c1-2-25-18(24)21-9-7-20(8-10-21)16(22)11-19-17(23)15-12-26-13-5-3-4-6-14(13)27-15/h3-6,15H,2,7-12H2,1H3,(H,19,23)/t15-/m0/s1. The van der Waals surface area contributed by atoms with Crippen molar-refractivity contribution < 1.29 is 28.6 Å². The van der Waals surface area contributed by atoms with E-state index in [0.29, 0.717) is 44.3 Å². The van der Waals surface area contributed by atoms with Gasteiger partial charge in [-0.1, -0.05) is 12.1 Å². The lowest BCUT2D eigenvalue weighted by atomic mass is 10.2. The molecule has 0 bridgehead atoms. The second-order valence-corrected chi connectivity index (χ2v) is 6.15. The van der Waals surface area contributed by atoms with Gasteiger partial charge in [-0.25, -0.2) is 4.79 Å². The first kappa shape index (κ1) is 18.8. The number of hydrogen-bond acceptors (Lipinski definition) is 6. The van der Waals surface area contributed by atoms with Crippen molar-refractivity contribution in [1.29, 1.82) is 0 Å². The Bertz CT molecular complexity index is 702. The van der Waals surface area contributed by atoms with Crippen LogP contribution in [-0.4, -0.2) is 79.7 Å². The molecule has 9 heteroatoms. The van der Waals surface area contributed by atoms with E-state index >= 15 is 0 Å². The lowest BCUT2D eigenvalue weighted by Crippen LogP contribution is -2.53. The minimum absolute atomic E-state index is 0.0925. The van der Waals surface area contributed by atoms with Gasteiger partial charge in [0.05, 0.1) is 13.2 Å². The van der Waals surface area contributed by atoms with Gasteiger partial charge in [0.25, 0.3) is 5.91 Å². The summed E-state index contributed by atoms with van der Waals surface area (Å²) in [7, 11) is 0. The van der Waals surface area contributed by atoms with Gasteiger partial charge < -0.3 is 29.3 Å². The van der Waals surface area contributed by atoms with E-state index in [-0.39, 0.29) is 25.2 Å². The van der Waals surface area contributed by atoms with Crippen LogP contribution in [0.2, 0.25) is 0 Å². The molecule has 1 aromatic carbocycles. The molecule has 3 amide bonds. The number of carbonyl (C=O) groups is 3. The van der Waals surface area contributed by atoms with E-state index in [4.69, 9.17) is 14.2 Å². The Labute approximate surface area is 157 Å². The number of rotatable bonds is 4. The molecule has 0 saturated carbocycles. The lowest BCUT2D eigenvalue weighted by Gasteiger charge is -2.34. The van der Waals surface area contributed by atoms with Crippen LogP contribution in [0.3, 0.4) is 0 Å². The number of carbonyl (C=O) groups excluding carboxylic acids is 3. The topological polar surface area (TPSA) is 97.4 Å². The highest BCUT2D eigenvalue weighted by atomic mass is 16.6. The van der Waals surface area contributed by atoms with Crippen LogP contribution in [0.25, 0.3) is 0 Å². The van der Waals surface area contributed by atoms with E-state index < -0.39 is 12.0 Å². The molecule has 0 radical (unpaired) electrons. The number of piperazine rings is 1. The highest BCUT2D eigenvalue weighted by molar-refractivity contribution is 5.87. The first-order valence-corrected chi connectivity index (χ1v) is 8.94. The predicted octanol–water partition coefficient (Wildman–Crippen LogP) is 0.243. The summed E-state index contributed by atoms with van der Waals surface area (Å²) in [5.41, 5.74) is 0. The van der Waals surface area contributed by atoms with E-state index in [0.717, 1.165) is 0 Å². The van der Waals surface area contributed by atoms with Gasteiger partial charge >= 0.3 is 6.09 Å². The van der Waals surface area contributed by atoms with Crippen LogP contribution in [0.1, 0.15) is 6.92 Å². The Balaban J connectivity index is 1.42. The Morgan fingerprint density at radius 3 is 2.48 bits per heavy atom. The highest BCUT2D eigenvalue weighted by Gasteiger charge is 2.29. The molecule has 1 saturated heterocycles. The minimum atomic E-state index is -0.798. The zero-order chi connectivity index (χ0) is 19.2. The number of hydrogen-bond donors (Lipinski definition) is 1. The minimum Gasteiger partial charge on any atom is -0.485 e. The van der Waals surface area contributed by atoms with Crippen molar-refractivity contribution in [2.24, 2.45) is 0 Å². The Hall–Kier alpha value is -2.97. The molecule has 1 fully saturated rings. The van der Waals surface area contributed by atoms with E-state index in [1.54, 1.807) is 34.9 Å². The number of benzene rings is 1. The fraction of sp³-hybridized carbons (Fsp3) is 0.500. The van der Waals surface area contributed by atoms with Crippen LogP contribution >= 0.6 is 0 Å². The van der Waals surface area contributed by atoms with Crippen LogP contribution in [0, 0.1) is 0 Å². The summed E-state index contributed by atoms with van der Waals surface area (Å²) in [5.74, 6) is 0.495. The zero-order valence-electron chi connectivity index (χ0n) is 15.2. The number of amides is 3. The second kappa shape index (κ2) is 8.61. The molecule has 146 valence electrons. The maximum absolute atomic E-state index is 12.3. The normalized spacial score (nSPS) is 18.6. The van der Waals surface area contributed by atoms with E-state index in [1.807, 2.05) is 6.07 Å². The summed E-state index contributed by atoms with van der Waals surface area (Å²) >= 11 is 0. The average Bonchev–Trinajstić information content (AvgIpc) is 2.71. The first-order valence-electron chi connectivity index (χ1n) is 8.94. The van der Waals surface area contributed by atoms with Crippen molar-refractivity contribution >= 4 is 17.9 Å². The van der Waals surface area contributed by atoms with Gasteiger partial charge in [-0.05, 0) is 19.1 Å². The quantitative estimate of drug-likeness (QED) is 0.808. The van der Waals surface area contributed by atoms with Crippen molar-refractivity contribution in [3.05, 3.63) is 24.3 Å². The van der Waals surface area contributed by atoms with Gasteiger partial charge in [0.1, 0.15) is 6.61 Å². The van der Waals surface area contributed by atoms with Crippen molar-refractivity contribution in [1.82, 2.24) is 15.1 Å². The van der Waals surface area contributed by atoms with E-state index in [1.165, 1.54) is 0 Å². The smallest absolute Gasteiger partial charge is 0.409 e. The Morgan fingerprint density at radius 1 is 1.11 bits per heavy atom. The fourth-order valence-corrected chi connectivity index (χ4v) is 2.89. The maximum Gasteiger partial charge on any atom is 0.409 e. The summed E-state index contributed by atoms with van der Waals surface area (Å²) in [4.78, 5) is 39.4. The summed E-state index contributed by atoms with van der Waals surface area (Å²) in [6, 6.07) is 7.11. The van der Waals surface area contributed by atoms with Crippen molar-refractivity contribution in [2.45, 2.75) is 13.0 Å². The molecule has 1 aromatic rings. The van der Waals surface area contributed by atoms with Crippen molar-refractivity contribution in [3.63, 3.8) is 0 Å². The van der Waals surface area contributed by atoms with E-state index in [9.17, 15) is 14.4 Å². The summed E-state index contributed by atoms with van der Waals surface area (Å²) < 4.78 is 16.1. The van der Waals surface area contributed by atoms with Crippen LogP contribution in [0.4, 0.5) is 4.79 Å². The zero-order valence-corrected chi connectivity index (χ0v) is 15.2. The van der Waals surface area contributed by atoms with Crippen molar-refractivity contribution in [2.75, 3.05) is 45.9 Å². The molecule has 0 spiro atoms. The highest BCUT2D eigenvalue weighted by Crippen LogP contribution is 2.30. The SMILES string of the molecule is CCOC(=O)N1CCN(C(=O)CNC(=O)[C@@H]2COc3ccccc3O2)CC1. The maximum atomic E-state index is 12.3. The lowest BCUT2D eigenvalue weighted by molar-refractivity contribution is -0.137. The van der Waals surface area contributed by atoms with E-state index in [2.05, 4.69) is 5.32 Å². The van der Waals surface area contributed by atoms with Gasteiger partial charge in [-0.3, -0.25) is 9.59 Å². The molecule has 27 heavy (non-hydrogen) atoms. The predicted molar refractivity (Wildman–Crippen MR) is 94.5 cm³/mol. The molecule has 3 rings (SSSR count). The Kier molecular flexibility index (Phi) is 6.00. The third-order valence-electron chi connectivity index (χ3n) is 4.37. The third kappa shape index (κ3) is 4.60. The second-order valence-electron chi connectivity index (χ2n) is 6.15. The van der Waals surface area contributed by atoms with Crippen molar-refractivity contribution in [3.8, 4) is 11.5 Å². The number of fused-ring (bicyclic) bond motifs is 1. The number of para-hydroxylation sites is 2. The summed E-state index contributed by atoms with van der Waals surface area (Å²) in [5, 5.41) is 2.59. The number of ether oxygens (including phenoxy) is 3. The number of nitrogens with zero attached hydrogens (tertiary/aromatic N) is 2. The van der Waals surface area contributed by atoms with Crippen LogP contribution in [0.15, 0.2) is 24.3 Å². The molecular formula is C18H23N3O6. The molecule has 1 atom stereocenters. The summed E-state index contributed by atoms with van der Waals surface area (Å²) in [6.07, 6.45) is -1.17. The molecular weight excluding hydrogens is 354 g/mol. The van der Waals surface area contributed by atoms with Gasteiger partial charge in [-0.2, -0.15) is 0 Å². The summed E-state index contributed by atoms with van der Waals surface area (Å²) in [6.45, 7) is 3.67. The third-order valence-corrected chi connectivity index (χ3v) is 4.37. The molecule has 9 nitrogen and oxygen atoms in total. The first-order chi connectivity index (χ1) is 13.1. The molecule has 2 aliphatic rings. The average molecular weight is 377 g/mol. The number of nitrogens with one attached hydrogen (secondary N) is 1. The molecule has 1 N–H and O–H groups in total. The van der Waals surface area contributed by atoms with Gasteiger partial charge in [-0.15, -0.1) is 0 Å². The molecule has 2 heterocycles. The van der Waals surface area contributed by atoms with Crippen LogP contribution < -0.4 is 14.8 Å². The molecule has 0 unspecified atom stereocenters. The van der Waals surface area contributed by atoms with Crippen LogP contribution in [-0.2, 0) is 14.3 Å². The molecule has 2 aliphatic heterocycles. The van der Waals surface area contributed by atoms with Gasteiger partial charge in [0.2, 0.25) is 12.0 Å². The fourth-order valence-electron chi connectivity index (χ4n) is 2.89. The van der Waals surface area contributed by atoms with Gasteiger partial charge in [0.15, 0.2) is 11.5 Å². The molecule has 0 aliphatic carbocycles.